The van der Waals surface area contributed by atoms with Crippen LogP contribution in [-0.4, -0.2) is 11.8 Å². The van der Waals surface area contributed by atoms with Crippen LogP contribution in [0.25, 0.3) is 0 Å². The van der Waals surface area contributed by atoms with E-state index in [-0.39, 0.29) is 18.2 Å². The van der Waals surface area contributed by atoms with Crippen LogP contribution < -0.4 is 10.6 Å². The van der Waals surface area contributed by atoms with Gasteiger partial charge < -0.3 is 10.6 Å². The topological polar surface area (TPSA) is 58.2 Å². The molecule has 1 atom stereocenters. The van der Waals surface area contributed by atoms with Crippen LogP contribution in [0.3, 0.4) is 0 Å². The van der Waals surface area contributed by atoms with Gasteiger partial charge in [0.2, 0.25) is 11.8 Å². The first-order chi connectivity index (χ1) is 11.4. The smallest absolute Gasteiger partial charge is 0.226 e. The van der Waals surface area contributed by atoms with Crippen LogP contribution >= 0.6 is 11.6 Å². The third-order valence-corrected chi connectivity index (χ3v) is 4.06. The quantitative estimate of drug-likeness (QED) is 0.855. The molecule has 2 aromatic rings. The van der Waals surface area contributed by atoms with Crippen molar-refractivity contribution >= 4 is 29.1 Å². The third-order valence-electron chi connectivity index (χ3n) is 3.71. The lowest BCUT2D eigenvalue weighted by Gasteiger charge is -2.19. The molecule has 2 amide bonds. The predicted octanol–water partition coefficient (Wildman–Crippen LogP) is 4.16. The van der Waals surface area contributed by atoms with Gasteiger partial charge in [0.15, 0.2) is 0 Å². The first-order valence-electron chi connectivity index (χ1n) is 7.75. The van der Waals surface area contributed by atoms with Crippen molar-refractivity contribution in [3.63, 3.8) is 0 Å². The first kappa shape index (κ1) is 18.0. The van der Waals surface area contributed by atoms with Crippen molar-refractivity contribution in [2.45, 2.75) is 33.2 Å². The van der Waals surface area contributed by atoms with Crippen LogP contribution in [0.5, 0.6) is 0 Å². The van der Waals surface area contributed by atoms with Gasteiger partial charge in [0.05, 0.1) is 12.5 Å². The number of amides is 2. The second-order valence-corrected chi connectivity index (χ2v) is 6.25. The number of anilines is 1. The molecule has 4 nitrogen and oxygen atoms in total. The molecule has 0 unspecified atom stereocenters. The predicted molar refractivity (Wildman–Crippen MR) is 97.2 cm³/mol. The minimum atomic E-state index is -0.471. The Bertz CT molecular complexity index is 759. The fourth-order valence-corrected chi connectivity index (χ4v) is 2.77. The van der Waals surface area contributed by atoms with Crippen molar-refractivity contribution in [1.82, 2.24) is 5.32 Å². The summed E-state index contributed by atoms with van der Waals surface area (Å²) in [6, 6.07) is 12.6. The summed E-state index contributed by atoms with van der Waals surface area (Å²) in [5.41, 5.74) is 3.56. The van der Waals surface area contributed by atoms with Crippen molar-refractivity contribution in [2.24, 2.45) is 0 Å². The standard InChI is InChI=1S/C19H21ClN2O2/c1-12-8-9-13(2)17(10-12)22-19(24)11-18(21-14(3)23)15-6-4-5-7-16(15)20/h4-10,18H,11H2,1-3H3,(H,21,23)(H,22,24)/t18-/m0/s1. The van der Waals surface area contributed by atoms with E-state index in [1.165, 1.54) is 6.92 Å². The highest BCUT2D eigenvalue weighted by Crippen LogP contribution is 2.26. The molecule has 2 N–H and O–H groups in total. The Morgan fingerprint density at radius 2 is 1.83 bits per heavy atom. The highest BCUT2D eigenvalue weighted by molar-refractivity contribution is 6.31. The van der Waals surface area contributed by atoms with E-state index in [0.29, 0.717) is 5.02 Å². The van der Waals surface area contributed by atoms with Crippen molar-refractivity contribution in [1.29, 1.82) is 0 Å². The van der Waals surface area contributed by atoms with E-state index < -0.39 is 6.04 Å². The van der Waals surface area contributed by atoms with E-state index in [2.05, 4.69) is 10.6 Å². The number of carbonyl (C=O) groups excluding carboxylic acids is 2. The third kappa shape index (κ3) is 4.83. The molecule has 0 fully saturated rings. The van der Waals surface area contributed by atoms with Crippen LogP contribution in [0.1, 0.15) is 36.1 Å². The van der Waals surface area contributed by atoms with Gasteiger partial charge in [-0.1, -0.05) is 41.9 Å². The van der Waals surface area contributed by atoms with Crippen LogP contribution in [0.15, 0.2) is 42.5 Å². The lowest BCUT2D eigenvalue weighted by atomic mass is 10.0. The summed E-state index contributed by atoms with van der Waals surface area (Å²) in [7, 11) is 0. The second-order valence-electron chi connectivity index (χ2n) is 5.85. The average Bonchev–Trinajstić information content (AvgIpc) is 2.50. The van der Waals surface area contributed by atoms with Gasteiger partial charge >= 0.3 is 0 Å². The lowest BCUT2D eigenvalue weighted by Crippen LogP contribution is -2.30. The number of hydrogen-bond donors (Lipinski definition) is 2. The highest BCUT2D eigenvalue weighted by atomic mass is 35.5. The summed E-state index contributed by atoms with van der Waals surface area (Å²) in [6.45, 7) is 5.33. The maximum atomic E-state index is 12.4. The Hall–Kier alpha value is -2.33. The highest BCUT2D eigenvalue weighted by Gasteiger charge is 2.19. The van der Waals surface area contributed by atoms with E-state index in [1.54, 1.807) is 6.07 Å². The zero-order valence-corrected chi connectivity index (χ0v) is 14.8. The number of hydrogen-bond acceptors (Lipinski definition) is 2. The van der Waals surface area contributed by atoms with Crippen molar-refractivity contribution in [3.05, 3.63) is 64.2 Å². The summed E-state index contributed by atoms with van der Waals surface area (Å²) in [6.07, 6.45) is 0.108. The van der Waals surface area contributed by atoms with Crippen LogP contribution in [-0.2, 0) is 9.59 Å². The molecule has 0 spiro atoms. The van der Waals surface area contributed by atoms with Gasteiger partial charge in [0.1, 0.15) is 0 Å². The molecule has 24 heavy (non-hydrogen) atoms. The van der Waals surface area contributed by atoms with E-state index in [0.717, 1.165) is 22.4 Å². The minimum Gasteiger partial charge on any atom is -0.349 e. The molecule has 0 aliphatic heterocycles. The van der Waals surface area contributed by atoms with Gasteiger partial charge in [0.25, 0.3) is 0 Å². The summed E-state index contributed by atoms with van der Waals surface area (Å²) in [5, 5.41) is 6.23. The van der Waals surface area contributed by atoms with Gasteiger partial charge in [-0.15, -0.1) is 0 Å². The molecule has 0 saturated carbocycles. The molecule has 0 aromatic heterocycles. The molecule has 5 heteroatoms. The minimum absolute atomic E-state index is 0.108. The molecular weight excluding hydrogens is 324 g/mol. The summed E-state index contributed by atoms with van der Waals surface area (Å²) in [4.78, 5) is 23.9. The lowest BCUT2D eigenvalue weighted by molar-refractivity contribution is -0.120. The Morgan fingerprint density at radius 3 is 2.50 bits per heavy atom. The second kappa shape index (κ2) is 7.97. The van der Waals surface area contributed by atoms with Crippen molar-refractivity contribution in [3.8, 4) is 0 Å². The van der Waals surface area contributed by atoms with Crippen molar-refractivity contribution in [2.75, 3.05) is 5.32 Å². The molecule has 2 aromatic carbocycles. The Balaban J connectivity index is 2.17. The first-order valence-corrected chi connectivity index (χ1v) is 8.13. The number of aryl methyl sites for hydroxylation is 2. The molecule has 126 valence electrons. The van der Waals surface area contributed by atoms with Gasteiger partial charge in [-0.05, 0) is 42.7 Å². The Kier molecular flexibility index (Phi) is 5.99. The van der Waals surface area contributed by atoms with Crippen LogP contribution in [0.4, 0.5) is 5.69 Å². The largest absolute Gasteiger partial charge is 0.349 e. The van der Waals surface area contributed by atoms with Gasteiger partial charge in [0, 0.05) is 17.6 Å². The summed E-state index contributed by atoms with van der Waals surface area (Å²) < 4.78 is 0. The van der Waals surface area contributed by atoms with Gasteiger partial charge in [-0.25, -0.2) is 0 Å². The van der Waals surface area contributed by atoms with E-state index in [4.69, 9.17) is 11.6 Å². The normalized spacial score (nSPS) is 11.7. The zero-order valence-electron chi connectivity index (χ0n) is 14.0. The zero-order chi connectivity index (χ0) is 17.7. The summed E-state index contributed by atoms with van der Waals surface area (Å²) in [5.74, 6) is -0.387. The Morgan fingerprint density at radius 1 is 1.12 bits per heavy atom. The van der Waals surface area contributed by atoms with Crippen molar-refractivity contribution < 1.29 is 9.59 Å². The van der Waals surface area contributed by atoms with Gasteiger partial charge in [-0.2, -0.15) is 0 Å². The van der Waals surface area contributed by atoms with E-state index in [1.807, 2.05) is 50.2 Å². The molecule has 0 heterocycles. The summed E-state index contributed by atoms with van der Waals surface area (Å²) >= 11 is 6.21. The SMILES string of the molecule is CC(=O)N[C@@H](CC(=O)Nc1cc(C)ccc1C)c1ccccc1Cl. The molecule has 0 radical (unpaired) electrons. The maximum Gasteiger partial charge on any atom is 0.226 e. The number of nitrogens with one attached hydrogen (secondary N) is 2. The van der Waals surface area contributed by atoms with E-state index in [9.17, 15) is 9.59 Å². The van der Waals surface area contributed by atoms with E-state index >= 15 is 0 Å². The fraction of sp³-hybridized carbons (Fsp3) is 0.263. The number of rotatable bonds is 5. The van der Waals surface area contributed by atoms with Crippen LogP contribution in [0, 0.1) is 13.8 Å². The molecular formula is C19H21ClN2O2. The average molecular weight is 345 g/mol. The van der Waals surface area contributed by atoms with Gasteiger partial charge in [-0.3, -0.25) is 9.59 Å². The van der Waals surface area contributed by atoms with Crippen LogP contribution in [0.2, 0.25) is 5.02 Å². The molecule has 0 aliphatic carbocycles. The molecule has 0 bridgehead atoms. The fourth-order valence-electron chi connectivity index (χ4n) is 2.50. The number of halogens is 1. The molecule has 0 aliphatic rings. The number of benzene rings is 2. The molecule has 2 rings (SSSR count). The monoisotopic (exact) mass is 344 g/mol. The molecule has 0 saturated heterocycles. The maximum absolute atomic E-state index is 12.4. The number of carbonyl (C=O) groups is 2. The Labute approximate surface area is 147 Å².